The first-order chi connectivity index (χ1) is 9.95. The van der Waals surface area contributed by atoms with Gasteiger partial charge in [0.2, 0.25) is 11.8 Å². The van der Waals surface area contributed by atoms with E-state index in [1.165, 1.54) is 6.20 Å². The molecule has 0 unspecified atom stereocenters. The maximum Gasteiger partial charge on any atom is 0.244 e. The van der Waals surface area contributed by atoms with Gasteiger partial charge in [0.05, 0.1) is 18.4 Å². The summed E-state index contributed by atoms with van der Waals surface area (Å²) in [7, 11) is 3.50. The van der Waals surface area contributed by atoms with Crippen molar-refractivity contribution >= 4 is 17.5 Å². The molecule has 0 aliphatic carbocycles. The molecule has 0 saturated carbocycles. The SMILES string of the molecule is CN(C)C(=O)CN1CCN(C(=O)Cn2cc(N)cn2)CC1. The molecule has 21 heavy (non-hydrogen) atoms. The van der Waals surface area contributed by atoms with Crippen LogP contribution in [0.3, 0.4) is 0 Å². The van der Waals surface area contributed by atoms with Gasteiger partial charge in [-0.15, -0.1) is 0 Å². The second kappa shape index (κ2) is 6.57. The van der Waals surface area contributed by atoms with Gasteiger partial charge in [-0.25, -0.2) is 0 Å². The molecule has 0 aromatic carbocycles. The lowest BCUT2D eigenvalue weighted by molar-refractivity contribution is -0.134. The van der Waals surface area contributed by atoms with E-state index >= 15 is 0 Å². The summed E-state index contributed by atoms with van der Waals surface area (Å²) in [6.07, 6.45) is 3.17. The van der Waals surface area contributed by atoms with Gasteiger partial charge < -0.3 is 15.5 Å². The molecule has 1 saturated heterocycles. The predicted molar refractivity (Wildman–Crippen MR) is 78.4 cm³/mol. The molecule has 2 heterocycles. The standard InChI is InChI=1S/C13H22N6O2/c1-16(2)12(20)9-17-3-5-18(6-4-17)13(21)10-19-8-11(14)7-15-19/h7-8H,3-6,9-10,14H2,1-2H3. The van der Waals surface area contributed by atoms with Crippen LogP contribution in [0.2, 0.25) is 0 Å². The molecule has 2 N–H and O–H groups in total. The van der Waals surface area contributed by atoms with E-state index in [0.29, 0.717) is 38.4 Å². The Balaban J connectivity index is 1.78. The maximum absolute atomic E-state index is 12.1. The minimum atomic E-state index is 0.0247. The number of nitrogen functional groups attached to an aromatic ring is 1. The number of rotatable bonds is 4. The van der Waals surface area contributed by atoms with Crippen LogP contribution in [0.15, 0.2) is 12.4 Å². The summed E-state index contributed by atoms with van der Waals surface area (Å²) in [5.74, 6) is 0.110. The van der Waals surface area contributed by atoms with Crippen LogP contribution in [0, 0.1) is 0 Å². The third-order valence-corrected chi connectivity index (χ3v) is 3.53. The summed E-state index contributed by atoms with van der Waals surface area (Å²) in [5.41, 5.74) is 6.12. The van der Waals surface area contributed by atoms with Gasteiger partial charge in [-0.1, -0.05) is 0 Å². The van der Waals surface area contributed by atoms with Gasteiger partial charge in [-0.05, 0) is 0 Å². The molecule has 2 rings (SSSR count). The summed E-state index contributed by atoms with van der Waals surface area (Å²) in [6.45, 7) is 3.31. The number of hydrogen-bond donors (Lipinski definition) is 1. The number of hydrogen-bond acceptors (Lipinski definition) is 5. The minimum absolute atomic E-state index is 0.0247. The fourth-order valence-corrected chi connectivity index (χ4v) is 2.19. The Hall–Kier alpha value is -2.09. The Bertz CT molecular complexity index is 505. The van der Waals surface area contributed by atoms with Crippen LogP contribution in [-0.4, -0.2) is 83.1 Å². The fourth-order valence-electron chi connectivity index (χ4n) is 2.19. The zero-order valence-electron chi connectivity index (χ0n) is 12.5. The molecule has 8 nitrogen and oxygen atoms in total. The molecule has 0 atom stereocenters. The Morgan fingerprint density at radius 2 is 1.90 bits per heavy atom. The van der Waals surface area contributed by atoms with Gasteiger partial charge in [-0.3, -0.25) is 19.2 Å². The average molecular weight is 294 g/mol. The maximum atomic E-state index is 12.1. The van der Waals surface area contributed by atoms with Crippen LogP contribution in [0.1, 0.15) is 0 Å². The van der Waals surface area contributed by atoms with Crippen molar-refractivity contribution in [3.63, 3.8) is 0 Å². The highest BCUT2D eigenvalue weighted by Gasteiger charge is 2.23. The van der Waals surface area contributed by atoms with Gasteiger partial charge in [-0.2, -0.15) is 5.10 Å². The van der Waals surface area contributed by atoms with E-state index in [9.17, 15) is 9.59 Å². The third kappa shape index (κ3) is 4.19. The van der Waals surface area contributed by atoms with E-state index < -0.39 is 0 Å². The number of carbonyl (C=O) groups excluding carboxylic acids is 2. The van der Waals surface area contributed by atoms with Crippen molar-refractivity contribution in [3.8, 4) is 0 Å². The molecule has 1 aliphatic rings. The van der Waals surface area contributed by atoms with Gasteiger partial charge >= 0.3 is 0 Å². The van der Waals surface area contributed by atoms with Crippen molar-refractivity contribution in [1.29, 1.82) is 0 Å². The van der Waals surface area contributed by atoms with Crippen molar-refractivity contribution in [2.45, 2.75) is 6.54 Å². The van der Waals surface area contributed by atoms with E-state index in [1.54, 1.807) is 34.8 Å². The lowest BCUT2D eigenvalue weighted by Crippen LogP contribution is -2.51. The number of nitrogens with two attached hydrogens (primary N) is 1. The molecule has 116 valence electrons. The van der Waals surface area contributed by atoms with Gasteiger partial charge in [0.25, 0.3) is 0 Å². The number of amides is 2. The van der Waals surface area contributed by atoms with Crippen molar-refractivity contribution in [2.75, 3.05) is 52.6 Å². The monoisotopic (exact) mass is 294 g/mol. The van der Waals surface area contributed by atoms with Crippen molar-refractivity contribution in [2.24, 2.45) is 0 Å². The molecule has 1 aromatic heterocycles. The van der Waals surface area contributed by atoms with Crippen molar-refractivity contribution in [3.05, 3.63) is 12.4 Å². The normalized spacial score (nSPS) is 16.0. The summed E-state index contributed by atoms with van der Waals surface area (Å²) in [6, 6.07) is 0. The van der Waals surface area contributed by atoms with Gasteiger partial charge in [0.15, 0.2) is 0 Å². The van der Waals surface area contributed by atoms with Crippen LogP contribution in [0.4, 0.5) is 5.69 Å². The van der Waals surface area contributed by atoms with Crippen LogP contribution in [-0.2, 0) is 16.1 Å². The van der Waals surface area contributed by atoms with Crippen LogP contribution in [0.5, 0.6) is 0 Å². The first-order valence-electron chi connectivity index (χ1n) is 6.94. The van der Waals surface area contributed by atoms with Gasteiger partial charge in [0, 0.05) is 46.5 Å². The number of carbonyl (C=O) groups is 2. The largest absolute Gasteiger partial charge is 0.396 e. The molecule has 2 amide bonds. The second-order valence-corrected chi connectivity index (χ2v) is 5.42. The summed E-state index contributed by atoms with van der Waals surface area (Å²) >= 11 is 0. The van der Waals surface area contributed by atoms with Crippen molar-refractivity contribution in [1.82, 2.24) is 24.5 Å². The molecule has 1 aromatic rings. The first-order valence-corrected chi connectivity index (χ1v) is 6.94. The Morgan fingerprint density at radius 3 is 2.43 bits per heavy atom. The first kappa shape index (κ1) is 15.3. The molecule has 8 heteroatoms. The van der Waals surface area contributed by atoms with Gasteiger partial charge in [0.1, 0.15) is 6.54 Å². The van der Waals surface area contributed by atoms with E-state index in [4.69, 9.17) is 5.73 Å². The van der Waals surface area contributed by atoms with E-state index in [-0.39, 0.29) is 18.4 Å². The van der Waals surface area contributed by atoms with Crippen LogP contribution in [0.25, 0.3) is 0 Å². The van der Waals surface area contributed by atoms with Crippen molar-refractivity contribution < 1.29 is 9.59 Å². The summed E-state index contributed by atoms with van der Waals surface area (Å²) in [5, 5.41) is 4.01. The van der Waals surface area contributed by atoms with Crippen LogP contribution >= 0.6 is 0 Å². The van der Waals surface area contributed by atoms with E-state index in [0.717, 1.165) is 0 Å². The molecular formula is C13H22N6O2. The second-order valence-electron chi connectivity index (χ2n) is 5.42. The predicted octanol–water partition coefficient (Wildman–Crippen LogP) is -1.30. The highest BCUT2D eigenvalue weighted by atomic mass is 16.2. The smallest absolute Gasteiger partial charge is 0.244 e. The average Bonchev–Trinajstić information content (AvgIpc) is 2.84. The lowest BCUT2D eigenvalue weighted by atomic mass is 10.3. The third-order valence-electron chi connectivity index (χ3n) is 3.53. The minimum Gasteiger partial charge on any atom is -0.396 e. The lowest BCUT2D eigenvalue weighted by Gasteiger charge is -2.34. The number of anilines is 1. The Kier molecular flexibility index (Phi) is 4.79. The molecular weight excluding hydrogens is 272 g/mol. The van der Waals surface area contributed by atoms with E-state index in [1.807, 2.05) is 0 Å². The zero-order chi connectivity index (χ0) is 15.4. The Morgan fingerprint density at radius 1 is 1.24 bits per heavy atom. The fraction of sp³-hybridized carbons (Fsp3) is 0.615. The summed E-state index contributed by atoms with van der Waals surface area (Å²) < 4.78 is 1.54. The summed E-state index contributed by atoms with van der Waals surface area (Å²) in [4.78, 5) is 29.2. The molecule has 0 radical (unpaired) electrons. The molecule has 1 aliphatic heterocycles. The quantitative estimate of drug-likeness (QED) is 0.745. The molecule has 1 fully saturated rings. The molecule has 0 spiro atoms. The molecule has 0 bridgehead atoms. The Labute approximate surface area is 124 Å². The topological polar surface area (TPSA) is 87.7 Å². The highest BCUT2D eigenvalue weighted by Crippen LogP contribution is 2.05. The number of aromatic nitrogens is 2. The zero-order valence-corrected chi connectivity index (χ0v) is 12.5. The van der Waals surface area contributed by atoms with E-state index in [2.05, 4.69) is 10.00 Å². The number of likely N-dealkylation sites (N-methyl/N-ethyl adjacent to an activating group) is 1. The number of nitrogens with zero attached hydrogens (tertiary/aromatic N) is 5. The highest BCUT2D eigenvalue weighted by molar-refractivity contribution is 5.78. The van der Waals surface area contributed by atoms with Crippen LogP contribution < -0.4 is 5.73 Å². The number of piperazine rings is 1.